The van der Waals surface area contributed by atoms with Gasteiger partial charge in [0.15, 0.2) is 0 Å². The van der Waals surface area contributed by atoms with E-state index in [1.807, 2.05) is 0 Å². The van der Waals surface area contributed by atoms with Crippen molar-refractivity contribution in [3.8, 4) is 0 Å². The van der Waals surface area contributed by atoms with Crippen LogP contribution in [0.5, 0.6) is 0 Å². The third-order valence-electron chi connectivity index (χ3n) is 0.232. The van der Waals surface area contributed by atoms with Crippen LogP contribution in [0.3, 0.4) is 0 Å². The van der Waals surface area contributed by atoms with Gasteiger partial charge in [0.2, 0.25) is 0 Å². The fraction of sp³-hybridized carbons (Fsp3) is 1.00. The molecule has 0 aromatic heterocycles. The van der Waals surface area contributed by atoms with E-state index in [1.165, 1.54) is 0 Å². The molecule has 1 aliphatic heterocycles. The Labute approximate surface area is 72.2 Å². The summed E-state index contributed by atoms with van der Waals surface area (Å²) in [6.45, 7) is 0. The summed E-state index contributed by atoms with van der Waals surface area (Å²) in [5, 5.41) is 15.5. The zero-order chi connectivity index (χ0) is 3.91. The second-order valence-electron chi connectivity index (χ2n) is 0.715. The molecule has 1 saturated heterocycles. The van der Waals surface area contributed by atoms with Gasteiger partial charge in [0.25, 0.3) is 0 Å². The molecule has 0 saturated carbocycles. The fourth-order valence-electron chi connectivity index (χ4n) is 0.0373. The van der Waals surface area contributed by atoms with Gasteiger partial charge in [-0.2, -0.15) is 0 Å². The van der Waals surface area contributed by atoms with Crippen LogP contribution in [0.25, 0.3) is 0 Å². The molecule has 7 heavy (non-hydrogen) atoms. The third kappa shape index (κ3) is 5.25. The Balaban J connectivity index is 0. The first-order chi connectivity index (χ1) is 2.21. The molecule has 47 valence electrons. The van der Waals surface area contributed by atoms with Crippen LogP contribution in [0.1, 0.15) is 0 Å². The average molecular weight is 307 g/mol. The number of hydrogen-bond acceptors (Lipinski definition) is 4. The van der Waals surface area contributed by atoms with Gasteiger partial charge in [0.1, 0.15) is 0 Å². The Hall–Kier alpha value is 1.38. The number of rotatable bonds is 0. The molecule has 1 aliphatic rings. The molecule has 1 rings (SSSR count). The van der Waals surface area contributed by atoms with Gasteiger partial charge in [-0.05, 0) is 0 Å². The monoisotopic (exact) mass is 307 g/mol. The van der Waals surface area contributed by atoms with E-state index >= 15 is 0 Å². The molecule has 0 aliphatic carbocycles. The van der Waals surface area contributed by atoms with Crippen LogP contribution >= 0.6 is 0 Å². The van der Waals surface area contributed by atoms with Gasteiger partial charge >= 0.3 is 30.1 Å². The summed E-state index contributed by atoms with van der Waals surface area (Å²) in [6.07, 6.45) is -2.25. The second-order valence-corrected chi connectivity index (χ2v) is 0.715. The quantitative estimate of drug-likeness (QED) is 0.227. The summed E-state index contributed by atoms with van der Waals surface area (Å²) in [5.74, 6) is 0. The van der Waals surface area contributed by atoms with Gasteiger partial charge in [-0.25, -0.2) is 0 Å². The van der Waals surface area contributed by atoms with Gasteiger partial charge in [0.05, 0.1) is 0 Å². The summed E-state index contributed by atoms with van der Waals surface area (Å²) in [7, 11) is 0. The molecule has 4 nitrogen and oxygen atoms in total. The molecule has 0 amide bonds. The minimum absolute atomic E-state index is 0. The SMILES string of the molecule is OC1(O)OO1.[Ag].[SnH2]. The van der Waals surface area contributed by atoms with Crippen molar-refractivity contribution in [3.05, 3.63) is 0 Å². The van der Waals surface area contributed by atoms with Crippen molar-refractivity contribution >= 4 is 23.9 Å². The normalized spacial score (nSPS) is 21.4. The maximum atomic E-state index is 7.74. The van der Waals surface area contributed by atoms with E-state index in [0.717, 1.165) is 0 Å². The van der Waals surface area contributed by atoms with Gasteiger partial charge in [-0.1, -0.05) is 0 Å². The summed E-state index contributed by atoms with van der Waals surface area (Å²) < 4.78 is 0. The molecule has 0 aromatic carbocycles. The van der Waals surface area contributed by atoms with Crippen LogP contribution in [-0.2, 0) is 32.2 Å². The Bertz CT molecular complexity index is 49.7. The molecule has 3 radical (unpaired) electrons. The molecule has 0 atom stereocenters. The molecule has 0 aromatic rings. The van der Waals surface area contributed by atoms with E-state index in [2.05, 4.69) is 9.78 Å². The third-order valence-corrected chi connectivity index (χ3v) is 0.232. The molecule has 6 heteroatoms. The predicted molar refractivity (Wildman–Crippen MR) is 17.9 cm³/mol. The zero-order valence-corrected chi connectivity index (χ0v) is 8.74. The van der Waals surface area contributed by atoms with Gasteiger partial charge in [0, 0.05) is 22.4 Å². The second kappa shape index (κ2) is 3.41. The van der Waals surface area contributed by atoms with Crippen molar-refractivity contribution in [2.24, 2.45) is 0 Å². The Morgan fingerprint density at radius 1 is 1.14 bits per heavy atom. The zero-order valence-electron chi connectivity index (χ0n) is 3.22. The first-order valence-corrected chi connectivity index (χ1v) is 1.02. The van der Waals surface area contributed by atoms with Crippen LogP contribution in [0.15, 0.2) is 0 Å². The van der Waals surface area contributed by atoms with Crippen molar-refractivity contribution in [2.75, 3.05) is 0 Å². The summed E-state index contributed by atoms with van der Waals surface area (Å²) in [6, 6.07) is 0. The van der Waals surface area contributed by atoms with Crippen LogP contribution in [-0.4, -0.2) is 40.3 Å². The predicted octanol–water partition coefficient (Wildman–Crippen LogP) is -2.37. The minimum atomic E-state index is -2.25. The number of aliphatic hydroxyl groups is 2. The van der Waals surface area contributed by atoms with E-state index in [1.54, 1.807) is 0 Å². The Kier molecular flexibility index (Phi) is 5.47. The van der Waals surface area contributed by atoms with Crippen LogP contribution in [0.4, 0.5) is 0 Å². The van der Waals surface area contributed by atoms with Crippen LogP contribution in [0.2, 0.25) is 0 Å². The summed E-state index contributed by atoms with van der Waals surface area (Å²) in [4.78, 5) is 7.01. The van der Waals surface area contributed by atoms with Crippen molar-refractivity contribution in [1.82, 2.24) is 0 Å². The van der Waals surface area contributed by atoms with Crippen LogP contribution < -0.4 is 0 Å². The van der Waals surface area contributed by atoms with Crippen LogP contribution in [0, 0.1) is 0 Å². The van der Waals surface area contributed by atoms with Crippen molar-refractivity contribution in [2.45, 2.75) is 6.16 Å². The average Bonchev–Trinajstić information content (AvgIpc) is 1.76. The first kappa shape index (κ1) is 11.2. The molecular formula is CH4AgO4Sn. The number of hydrogen-bond donors (Lipinski definition) is 2. The molecule has 0 unspecified atom stereocenters. The van der Waals surface area contributed by atoms with E-state index in [9.17, 15) is 0 Å². The van der Waals surface area contributed by atoms with Gasteiger partial charge < -0.3 is 10.2 Å². The first-order valence-electron chi connectivity index (χ1n) is 1.02. The molecule has 1 heterocycles. The van der Waals surface area contributed by atoms with Gasteiger partial charge in [-0.15, -0.1) is 9.78 Å². The molecule has 0 spiro atoms. The van der Waals surface area contributed by atoms with Crippen molar-refractivity contribution < 1.29 is 42.4 Å². The molecule has 0 bridgehead atoms. The fourth-order valence-corrected chi connectivity index (χ4v) is 0.0373. The Morgan fingerprint density at radius 3 is 1.29 bits per heavy atom. The topological polar surface area (TPSA) is 65.5 Å². The van der Waals surface area contributed by atoms with Crippen molar-refractivity contribution in [1.29, 1.82) is 0 Å². The molecule has 2 N–H and O–H groups in total. The molecular weight excluding hydrogens is 303 g/mol. The standard InChI is InChI=1S/CH2O4.Ag.Sn.2H/c2-1(3)4-5-1;;;;/h2-3H;;;;. The van der Waals surface area contributed by atoms with E-state index in [4.69, 9.17) is 10.2 Å². The van der Waals surface area contributed by atoms with E-state index < -0.39 is 6.16 Å². The van der Waals surface area contributed by atoms with E-state index in [0.29, 0.717) is 0 Å². The van der Waals surface area contributed by atoms with Crippen molar-refractivity contribution in [3.63, 3.8) is 0 Å². The van der Waals surface area contributed by atoms with Gasteiger partial charge in [-0.3, -0.25) is 0 Å². The van der Waals surface area contributed by atoms with E-state index in [-0.39, 0.29) is 46.3 Å². The maximum absolute atomic E-state index is 7.74. The summed E-state index contributed by atoms with van der Waals surface area (Å²) in [5.41, 5.74) is 0. The summed E-state index contributed by atoms with van der Waals surface area (Å²) >= 11 is 0. The Morgan fingerprint density at radius 2 is 1.29 bits per heavy atom. The molecule has 1 fully saturated rings.